The van der Waals surface area contributed by atoms with Crippen molar-refractivity contribution in [1.29, 1.82) is 0 Å². The lowest BCUT2D eigenvalue weighted by Gasteiger charge is -2.09. The normalized spacial score (nSPS) is 10.6. The highest BCUT2D eigenvalue weighted by Gasteiger charge is 2.10. The Labute approximate surface area is 131 Å². The maximum Gasteiger partial charge on any atom is 0.233 e. The number of hydrogen-bond acceptors (Lipinski definition) is 5. The molecule has 22 heavy (non-hydrogen) atoms. The molecule has 3 rings (SSSR count). The van der Waals surface area contributed by atoms with Gasteiger partial charge < -0.3 is 13.9 Å². The fourth-order valence-electron chi connectivity index (χ4n) is 2.02. The Bertz CT molecular complexity index is 828. The van der Waals surface area contributed by atoms with Gasteiger partial charge in [0.05, 0.1) is 7.11 Å². The Balaban J connectivity index is 1.80. The second-order valence-corrected chi connectivity index (χ2v) is 4.97. The van der Waals surface area contributed by atoms with Crippen LogP contribution in [-0.2, 0) is 6.61 Å². The highest BCUT2D eigenvalue weighted by Crippen LogP contribution is 2.29. The van der Waals surface area contributed by atoms with Gasteiger partial charge in [0.15, 0.2) is 23.7 Å². The molecular formula is C16H12ClNO4. The first-order chi connectivity index (χ1) is 10.7. The zero-order valence-corrected chi connectivity index (χ0v) is 12.5. The van der Waals surface area contributed by atoms with Gasteiger partial charge in [0, 0.05) is 16.7 Å². The summed E-state index contributed by atoms with van der Waals surface area (Å²) in [5.74, 6) is 1.41. The van der Waals surface area contributed by atoms with E-state index in [1.807, 2.05) is 0 Å². The number of fused-ring (bicyclic) bond motifs is 1. The summed E-state index contributed by atoms with van der Waals surface area (Å²) in [5.41, 5.74) is 1.83. The van der Waals surface area contributed by atoms with Crippen LogP contribution in [0.4, 0.5) is 0 Å². The van der Waals surface area contributed by atoms with Gasteiger partial charge in [-0.15, -0.1) is 0 Å². The molecule has 6 heteroatoms. The zero-order chi connectivity index (χ0) is 15.5. The van der Waals surface area contributed by atoms with E-state index in [2.05, 4.69) is 4.98 Å². The Morgan fingerprint density at radius 1 is 1.23 bits per heavy atom. The van der Waals surface area contributed by atoms with Crippen molar-refractivity contribution in [2.45, 2.75) is 6.61 Å². The number of carbonyl (C=O) groups excluding carboxylic acids is 1. The number of oxazole rings is 1. The maximum absolute atomic E-state index is 10.8. The van der Waals surface area contributed by atoms with Crippen LogP contribution in [0.2, 0.25) is 5.02 Å². The molecule has 0 N–H and O–H groups in total. The van der Waals surface area contributed by atoms with Crippen LogP contribution in [0.5, 0.6) is 11.5 Å². The summed E-state index contributed by atoms with van der Waals surface area (Å²) in [6.07, 6.45) is 0.747. The van der Waals surface area contributed by atoms with Crippen LogP contribution in [0.25, 0.3) is 11.1 Å². The van der Waals surface area contributed by atoms with E-state index in [0.29, 0.717) is 39.1 Å². The van der Waals surface area contributed by atoms with Gasteiger partial charge in [-0.2, -0.15) is 0 Å². The molecule has 0 radical (unpaired) electrons. The lowest BCUT2D eigenvalue weighted by Crippen LogP contribution is -1.98. The van der Waals surface area contributed by atoms with Crippen molar-refractivity contribution < 1.29 is 18.7 Å². The number of hydrogen-bond donors (Lipinski definition) is 0. The van der Waals surface area contributed by atoms with Crippen LogP contribution in [0.3, 0.4) is 0 Å². The number of aldehydes is 1. The van der Waals surface area contributed by atoms with E-state index < -0.39 is 0 Å². The second kappa shape index (κ2) is 6.07. The van der Waals surface area contributed by atoms with Crippen molar-refractivity contribution in [1.82, 2.24) is 4.98 Å². The fraction of sp³-hybridized carbons (Fsp3) is 0.125. The number of rotatable bonds is 5. The van der Waals surface area contributed by atoms with Crippen molar-refractivity contribution in [3.63, 3.8) is 0 Å². The Kier molecular flexibility index (Phi) is 3.98. The minimum Gasteiger partial charge on any atom is -0.493 e. The fourth-order valence-corrected chi connectivity index (χ4v) is 2.19. The SMILES string of the molecule is COc1cc(C=O)ccc1OCc1nc2ccc(Cl)cc2o1. The average Bonchev–Trinajstić information content (AvgIpc) is 2.94. The van der Waals surface area contributed by atoms with Gasteiger partial charge in [0.1, 0.15) is 11.8 Å². The first kappa shape index (κ1) is 14.4. The monoisotopic (exact) mass is 317 g/mol. The number of benzene rings is 2. The molecule has 0 fully saturated rings. The van der Waals surface area contributed by atoms with Gasteiger partial charge in [-0.05, 0) is 30.3 Å². The van der Waals surface area contributed by atoms with Crippen LogP contribution in [0.15, 0.2) is 40.8 Å². The summed E-state index contributed by atoms with van der Waals surface area (Å²) < 4.78 is 16.4. The first-order valence-corrected chi connectivity index (χ1v) is 6.88. The minimum absolute atomic E-state index is 0.142. The molecule has 0 saturated heterocycles. The van der Waals surface area contributed by atoms with Crippen molar-refractivity contribution >= 4 is 29.0 Å². The number of aromatic nitrogens is 1. The molecule has 0 aliphatic heterocycles. The van der Waals surface area contributed by atoms with Crippen LogP contribution in [-0.4, -0.2) is 18.4 Å². The number of carbonyl (C=O) groups is 1. The summed E-state index contributed by atoms with van der Waals surface area (Å²) in [5, 5.41) is 0.585. The number of nitrogens with zero attached hydrogens (tertiary/aromatic N) is 1. The molecule has 1 aromatic heterocycles. The molecule has 0 bridgehead atoms. The molecule has 3 aromatic rings. The lowest BCUT2D eigenvalue weighted by molar-refractivity contribution is 0.112. The van der Waals surface area contributed by atoms with E-state index in [1.165, 1.54) is 7.11 Å². The summed E-state index contributed by atoms with van der Waals surface area (Å²) >= 11 is 5.90. The quantitative estimate of drug-likeness (QED) is 0.668. The highest BCUT2D eigenvalue weighted by atomic mass is 35.5. The van der Waals surface area contributed by atoms with Gasteiger partial charge in [-0.25, -0.2) is 4.98 Å². The summed E-state index contributed by atoms with van der Waals surface area (Å²) in [6.45, 7) is 0.142. The Morgan fingerprint density at radius 2 is 2.09 bits per heavy atom. The van der Waals surface area contributed by atoms with E-state index in [1.54, 1.807) is 36.4 Å². The molecule has 0 saturated carbocycles. The third-order valence-corrected chi connectivity index (χ3v) is 3.30. The van der Waals surface area contributed by atoms with E-state index in [9.17, 15) is 4.79 Å². The van der Waals surface area contributed by atoms with Crippen LogP contribution < -0.4 is 9.47 Å². The molecule has 0 atom stereocenters. The van der Waals surface area contributed by atoms with E-state index in [4.69, 9.17) is 25.5 Å². The minimum atomic E-state index is 0.142. The van der Waals surface area contributed by atoms with Crippen molar-refractivity contribution in [2.75, 3.05) is 7.11 Å². The Hall–Kier alpha value is -2.53. The van der Waals surface area contributed by atoms with Crippen LogP contribution in [0.1, 0.15) is 16.2 Å². The van der Waals surface area contributed by atoms with Crippen LogP contribution >= 0.6 is 11.6 Å². The standard InChI is InChI=1S/C16H12ClNO4/c1-20-15-6-10(8-19)2-5-13(15)21-9-16-18-12-4-3-11(17)7-14(12)22-16/h2-8H,9H2,1H3. The van der Waals surface area contributed by atoms with Crippen molar-refractivity contribution in [3.05, 3.63) is 52.9 Å². The van der Waals surface area contributed by atoms with Crippen molar-refractivity contribution in [3.8, 4) is 11.5 Å². The third kappa shape index (κ3) is 2.89. The van der Waals surface area contributed by atoms with E-state index in [0.717, 1.165) is 6.29 Å². The lowest BCUT2D eigenvalue weighted by atomic mass is 10.2. The number of halogens is 1. The summed E-state index contributed by atoms with van der Waals surface area (Å²) in [7, 11) is 1.51. The molecule has 2 aromatic carbocycles. The molecule has 0 unspecified atom stereocenters. The molecule has 1 heterocycles. The third-order valence-electron chi connectivity index (χ3n) is 3.07. The van der Waals surface area contributed by atoms with Crippen LogP contribution in [0, 0.1) is 0 Å². The number of ether oxygens (including phenoxy) is 2. The smallest absolute Gasteiger partial charge is 0.233 e. The topological polar surface area (TPSA) is 61.6 Å². The first-order valence-electron chi connectivity index (χ1n) is 6.50. The predicted octanol–water partition coefficient (Wildman–Crippen LogP) is 3.88. The maximum atomic E-state index is 10.8. The molecule has 5 nitrogen and oxygen atoms in total. The van der Waals surface area contributed by atoms with Gasteiger partial charge in [-0.3, -0.25) is 4.79 Å². The van der Waals surface area contributed by atoms with Gasteiger partial charge in [-0.1, -0.05) is 11.6 Å². The molecule has 0 amide bonds. The summed E-state index contributed by atoms with van der Waals surface area (Å²) in [4.78, 5) is 15.1. The van der Waals surface area contributed by atoms with Gasteiger partial charge in [0.2, 0.25) is 5.89 Å². The van der Waals surface area contributed by atoms with Crippen molar-refractivity contribution in [2.24, 2.45) is 0 Å². The molecule has 0 aliphatic rings. The average molecular weight is 318 g/mol. The molecular weight excluding hydrogens is 306 g/mol. The molecule has 0 aliphatic carbocycles. The second-order valence-electron chi connectivity index (χ2n) is 4.54. The van der Waals surface area contributed by atoms with E-state index >= 15 is 0 Å². The molecule has 0 spiro atoms. The number of methoxy groups -OCH3 is 1. The largest absolute Gasteiger partial charge is 0.493 e. The predicted molar refractivity (Wildman–Crippen MR) is 81.7 cm³/mol. The zero-order valence-electron chi connectivity index (χ0n) is 11.7. The summed E-state index contributed by atoms with van der Waals surface area (Å²) in [6, 6.07) is 10.2. The van der Waals surface area contributed by atoms with Gasteiger partial charge in [0.25, 0.3) is 0 Å². The van der Waals surface area contributed by atoms with E-state index in [-0.39, 0.29) is 6.61 Å². The van der Waals surface area contributed by atoms with Gasteiger partial charge >= 0.3 is 0 Å². The Morgan fingerprint density at radius 3 is 2.86 bits per heavy atom. The highest BCUT2D eigenvalue weighted by molar-refractivity contribution is 6.31. The molecule has 112 valence electrons.